The standard InChI is InChI=1S/C13H9ClO/c14-13-8-4-3-6-10(12(13)15)9-5-1-2-7-11(9)13/h1-8,10H. The van der Waals surface area contributed by atoms with Gasteiger partial charge in [-0.1, -0.05) is 48.6 Å². The highest BCUT2D eigenvalue weighted by molar-refractivity contribution is 6.39. The maximum Gasteiger partial charge on any atom is 0.173 e. The molecule has 0 saturated heterocycles. The molecule has 0 radical (unpaired) electrons. The molecule has 0 heterocycles. The number of hydrogen-bond donors (Lipinski definition) is 0. The highest BCUT2D eigenvalue weighted by Crippen LogP contribution is 2.48. The van der Waals surface area contributed by atoms with E-state index in [0.717, 1.165) is 11.1 Å². The van der Waals surface area contributed by atoms with Crippen LogP contribution >= 0.6 is 11.6 Å². The predicted molar refractivity (Wildman–Crippen MR) is 60.0 cm³/mol. The van der Waals surface area contributed by atoms with Crippen LogP contribution in [0, 0.1) is 0 Å². The fourth-order valence-corrected chi connectivity index (χ4v) is 2.69. The summed E-state index contributed by atoms with van der Waals surface area (Å²) in [6.07, 6.45) is 7.43. The van der Waals surface area contributed by atoms with E-state index in [0.29, 0.717) is 0 Å². The first-order valence-electron chi connectivity index (χ1n) is 4.92. The van der Waals surface area contributed by atoms with Crippen LogP contribution in [0.2, 0.25) is 0 Å². The molecular weight excluding hydrogens is 208 g/mol. The molecule has 2 unspecified atom stereocenters. The van der Waals surface area contributed by atoms with Crippen LogP contribution in [0.3, 0.4) is 0 Å². The minimum absolute atomic E-state index is 0.0652. The molecule has 15 heavy (non-hydrogen) atoms. The Kier molecular flexibility index (Phi) is 1.68. The van der Waals surface area contributed by atoms with E-state index in [1.54, 1.807) is 6.08 Å². The number of alkyl halides is 1. The number of Topliss-reactive ketones (excluding diaryl/α,β-unsaturated/α-hetero) is 1. The topological polar surface area (TPSA) is 17.1 Å². The second kappa shape index (κ2) is 2.83. The molecule has 0 amide bonds. The number of carbonyl (C=O) groups excluding carboxylic acids is 1. The van der Waals surface area contributed by atoms with E-state index in [4.69, 9.17) is 11.6 Å². The van der Waals surface area contributed by atoms with Gasteiger partial charge >= 0.3 is 0 Å². The van der Waals surface area contributed by atoms with E-state index in [-0.39, 0.29) is 11.7 Å². The third-order valence-electron chi connectivity index (χ3n) is 3.07. The van der Waals surface area contributed by atoms with Gasteiger partial charge in [-0.15, -0.1) is 11.6 Å². The molecule has 0 N–H and O–H groups in total. The van der Waals surface area contributed by atoms with Crippen molar-refractivity contribution in [1.29, 1.82) is 0 Å². The van der Waals surface area contributed by atoms with E-state index >= 15 is 0 Å². The van der Waals surface area contributed by atoms with Crippen molar-refractivity contribution in [2.24, 2.45) is 0 Å². The van der Waals surface area contributed by atoms with Gasteiger partial charge in [-0.25, -0.2) is 0 Å². The summed E-state index contributed by atoms with van der Waals surface area (Å²) in [5, 5.41) is 0. The zero-order chi connectivity index (χ0) is 10.5. The highest BCUT2D eigenvalue weighted by atomic mass is 35.5. The van der Waals surface area contributed by atoms with E-state index in [1.807, 2.05) is 42.5 Å². The Morgan fingerprint density at radius 3 is 2.87 bits per heavy atom. The third-order valence-corrected chi connectivity index (χ3v) is 3.59. The molecule has 1 aromatic carbocycles. The van der Waals surface area contributed by atoms with Crippen molar-refractivity contribution in [2.75, 3.05) is 0 Å². The van der Waals surface area contributed by atoms with Gasteiger partial charge in [0.05, 0.1) is 5.92 Å². The average molecular weight is 217 g/mol. The zero-order valence-electron chi connectivity index (χ0n) is 7.98. The largest absolute Gasteiger partial charge is 0.296 e. The molecular formula is C13H9ClO. The van der Waals surface area contributed by atoms with E-state index in [9.17, 15) is 4.79 Å². The van der Waals surface area contributed by atoms with E-state index < -0.39 is 4.87 Å². The molecule has 2 bridgehead atoms. The minimum atomic E-state index is -0.940. The number of rotatable bonds is 0. The lowest BCUT2D eigenvalue weighted by Crippen LogP contribution is -2.23. The molecule has 0 spiro atoms. The van der Waals surface area contributed by atoms with Crippen LogP contribution in [-0.4, -0.2) is 5.78 Å². The summed E-state index contributed by atoms with van der Waals surface area (Å²) in [7, 11) is 0. The molecule has 1 aromatic rings. The van der Waals surface area contributed by atoms with Gasteiger partial charge in [0, 0.05) is 0 Å². The van der Waals surface area contributed by atoms with Crippen LogP contribution in [0.5, 0.6) is 0 Å². The molecule has 2 aliphatic carbocycles. The normalized spacial score (nSPS) is 31.5. The van der Waals surface area contributed by atoms with Gasteiger partial charge in [0.15, 0.2) is 5.78 Å². The smallest absolute Gasteiger partial charge is 0.173 e. The van der Waals surface area contributed by atoms with Gasteiger partial charge in [0.2, 0.25) is 0 Å². The number of allylic oxidation sites excluding steroid dienone is 4. The Morgan fingerprint density at radius 2 is 2.00 bits per heavy atom. The monoisotopic (exact) mass is 216 g/mol. The maximum absolute atomic E-state index is 12.2. The molecule has 2 heteroatoms. The van der Waals surface area contributed by atoms with Gasteiger partial charge in [-0.05, 0) is 11.1 Å². The molecule has 1 nitrogen and oxygen atoms in total. The van der Waals surface area contributed by atoms with Crippen molar-refractivity contribution in [3.8, 4) is 0 Å². The van der Waals surface area contributed by atoms with Crippen LogP contribution in [0.1, 0.15) is 17.0 Å². The lowest BCUT2D eigenvalue weighted by molar-refractivity contribution is -0.120. The van der Waals surface area contributed by atoms with Crippen LogP contribution in [0.4, 0.5) is 0 Å². The fraction of sp³-hybridized carbons (Fsp3) is 0.154. The van der Waals surface area contributed by atoms with Crippen molar-refractivity contribution in [3.63, 3.8) is 0 Å². The van der Waals surface area contributed by atoms with Crippen molar-refractivity contribution in [3.05, 3.63) is 59.7 Å². The zero-order valence-corrected chi connectivity index (χ0v) is 8.74. The van der Waals surface area contributed by atoms with E-state index in [1.165, 1.54) is 0 Å². The SMILES string of the molecule is O=C1C2C=CC=CC1(Cl)c1ccccc12. The predicted octanol–water partition coefficient (Wildman–Crippen LogP) is 2.91. The second-order valence-corrected chi connectivity index (χ2v) is 4.48. The first-order chi connectivity index (χ1) is 7.23. The number of fused-ring (bicyclic) bond motifs is 5. The van der Waals surface area contributed by atoms with Crippen LogP contribution in [-0.2, 0) is 9.67 Å². The maximum atomic E-state index is 12.2. The number of benzene rings is 1. The molecule has 2 aliphatic rings. The second-order valence-electron chi connectivity index (χ2n) is 3.88. The third kappa shape index (κ3) is 1.01. The quantitative estimate of drug-likeness (QED) is 0.610. The average Bonchev–Trinajstić information content (AvgIpc) is 2.36. The van der Waals surface area contributed by atoms with Gasteiger partial charge in [-0.3, -0.25) is 4.79 Å². The van der Waals surface area contributed by atoms with Crippen molar-refractivity contribution in [1.82, 2.24) is 0 Å². The number of halogens is 1. The first-order valence-corrected chi connectivity index (χ1v) is 5.30. The van der Waals surface area contributed by atoms with E-state index in [2.05, 4.69) is 0 Å². The minimum Gasteiger partial charge on any atom is -0.296 e. The lowest BCUT2D eigenvalue weighted by atomic mass is 9.99. The number of hydrogen-bond acceptors (Lipinski definition) is 1. The molecule has 0 saturated carbocycles. The van der Waals surface area contributed by atoms with Crippen LogP contribution < -0.4 is 0 Å². The summed E-state index contributed by atoms with van der Waals surface area (Å²) in [5.74, 6) is -0.107. The summed E-state index contributed by atoms with van der Waals surface area (Å²) in [4.78, 5) is 11.2. The Morgan fingerprint density at radius 1 is 1.20 bits per heavy atom. The summed E-state index contributed by atoms with van der Waals surface area (Å²) in [6, 6.07) is 7.78. The summed E-state index contributed by atoms with van der Waals surface area (Å²) in [5.41, 5.74) is 1.97. The van der Waals surface area contributed by atoms with Gasteiger partial charge in [0.1, 0.15) is 4.87 Å². The van der Waals surface area contributed by atoms with Crippen LogP contribution in [0.15, 0.2) is 48.6 Å². The van der Waals surface area contributed by atoms with Crippen molar-refractivity contribution < 1.29 is 4.79 Å². The summed E-state index contributed by atoms with van der Waals surface area (Å²) >= 11 is 6.41. The highest BCUT2D eigenvalue weighted by Gasteiger charge is 2.48. The van der Waals surface area contributed by atoms with Gasteiger partial charge < -0.3 is 0 Å². The van der Waals surface area contributed by atoms with Crippen molar-refractivity contribution in [2.45, 2.75) is 10.8 Å². The van der Waals surface area contributed by atoms with Gasteiger partial charge in [0.25, 0.3) is 0 Å². The Hall–Kier alpha value is -1.34. The van der Waals surface area contributed by atoms with Crippen molar-refractivity contribution >= 4 is 17.4 Å². The summed E-state index contributed by atoms with van der Waals surface area (Å²) in [6.45, 7) is 0. The van der Waals surface area contributed by atoms with Crippen LogP contribution in [0.25, 0.3) is 0 Å². The molecule has 0 aliphatic heterocycles. The molecule has 74 valence electrons. The number of carbonyl (C=O) groups is 1. The molecule has 2 atom stereocenters. The Bertz CT molecular complexity index is 501. The van der Waals surface area contributed by atoms with Gasteiger partial charge in [-0.2, -0.15) is 0 Å². The fourth-order valence-electron chi connectivity index (χ4n) is 2.33. The Balaban J connectivity index is 2.36. The molecule has 3 rings (SSSR count). The number of ketones is 1. The molecule has 0 fully saturated rings. The summed E-state index contributed by atoms with van der Waals surface area (Å²) < 4.78 is 0. The Labute approximate surface area is 93.1 Å². The lowest BCUT2D eigenvalue weighted by Gasteiger charge is -2.15. The molecule has 0 aromatic heterocycles. The first kappa shape index (κ1) is 8.93.